The van der Waals surface area contributed by atoms with Crippen molar-refractivity contribution < 1.29 is 13.5 Å². The maximum atomic E-state index is 12.8. The molecule has 0 fully saturated rings. The molecule has 1 heterocycles. The largest absolute Gasteiger partial charge is 0.394 e. The van der Waals surface area contributed by atoms with Gasteiger partial charge in [-0.3, -0.25) is 4.68 Å². The fourth-order valence-electron chi connectivity index (χ4n) is 2.51. The quantitative estimate of drug-likeness (QED) is 0.824. The van der Waals surface area contributed by atoms with Crippen molar-refractivity contribution in [3.63, 3.8) is 0 Å². The first-order valence-electron chi connectivity index (χ1n) is 6.94. The van der Waals surface area contributed by atoms with Crippen LogP contribution in [-0.4, -0.2) is 47.3 Å². The van der Waals surface area contributed by atoms with Crippen LogP contribution in [0.1, 0.15) is 38.1 Å². The molecule has 0 aliphatic heterocycles. The highest BCUT2D eigenvalue weighted by atomic mass is 32.2. The minimum Gasteiger partial charge on any atom is -0.394 e. The molecule has 6 nitrogen and oxygen atoms in total. The highest BCUT2D eigenvalue weighted by Gasteiger charge is 2.31. The van der Waals surface area contributed by atoms with E-state index < -0.39 is 10.0 Å². The molecule has 0 amide bonds. The highest BCUT2D eigenvalue weighted by Crippen LogP contribution is 2.25. The van der Waals surface area contributed by atoms with Gasteiger partial charge in [-0.15, -0.1) is 0 Å². The van der Waals surface area contributed by atoms with E-state index in [1.165, 1.54) is 4.31 Å². The Morgan fingerprint density at radius 2 is 1.85 bits per heavy atom. The molecule has 0 aliphatic carbocycles. The van der Waals surface area contributed by atoms with Crippen LogP contribution in [0.15, 0.2) is 4.90 Å². The highest BCUT2D eigenvalue weighted by molar-refractivity contribution is 7.89. The van der Waals surface area contributed by atoms with Crippen LogP contribution in [-0.2, 0) is 16.6 Å². The van der Waals surface area contributed by atoms with Crippen LogP contribution in [0.25, 0.3) is 0 Å². The Morgan fingerprint density at radius 1 is 1.30 bits per heavy atom. The molecule has 0 atom stereocenters. The van der Waals surface area contributed by atoms with Crippen molar-refractivity contribution in [2.75, 3.05) is 13.7 Å². The molecule has 0 aliphatic rings. The zero-order valence-electron chi connectivity index (χ0n) is 12.9. The Morgan fingerprint density at radius 3 is 2.30 bits per heavy atom. The normalized spacial score (nSPS) is 12.6. The van der Waals surface area contributed by atoms with Gasteiger partial charge in [-0.1, -0.05) is 13.8 Å². The van der Waals surface area contributed by atoms with Gasteiger partial charge in [-0.05, 0) is 26.7 Å². The van der Waals surface area contributed by atoms with Gasteiger partial charge in [-0.2, -0.15) is 9.40 Å². The summed E-state index contributed by atoms with van der Waals surface area (Å²) >= 11 is 0. The first kappa shape index (κ1) is 17.1. The second-order valence-corrected chi connectivity index (χ2v) is 6.87. The van der Waals surface area contributed by atoms with Crippen LogP contribution in [0, 0.1) is 13.8 Å². The van der Waals surface area contributed by atoms with Crippen LogP contribution >= 0.6 is 0 Å². The van der Waals surface area contributed by atoms with Crippen molar-refractivity contribution in [2.45, 2.75) is 58.0 Å². The van der Waals surface area contributed by atoms with E-state index in [1.807, 2.05) is 13.8 Å². The average molecular weight is 303 g/mol. The molecular weight excluding hydrogens is 278 g/mol. The van der Waals surface area contributed by atoms with Gasteiger partial charge in [0.1, 0.15) is 4.90 Å². The molecule has 1 aromatic rings. The van der Waals surface area contributed by atoms with Crippen molar-refractivity contribution in [3.8, 4) is 0 Å². The van der Waals surface area contributed by atoms with Crippen LogP contribution in [0.5, 0.6) is 0 Å². The molecule has 0 unspecified atom stereocenters. The number of rotatable bonds is 7. The molecule has 0 saturated heterocycles. The molecule has 1 rings (SSSR count). The maximum Gasteiger partial charge on any atom is 0.246 e. The minimum absolute atomic E-state index is 0.0139. The van der Waals surface area contributed by atoms with Gasteiger partial charge in [0, 0.05) is 13.1 Å². The van der Waals surface area contributed by atoms with Gasteiger partial charge in [0.15, 0.2) is 0 Å². The van der Waals surface area contributed by atoms with E-state index in [0.29, 0.717) is 17.9 Å². The van der Waals surface area contributed by atoms with E-state index in [0.717, 1.165) is 12.8 Å². The number of aryl methyl sites for hydroxylation is 1. The molecule has 0 bridgehead atoms. The number of nitrogens with zero attached hydrogens (tertiary/aromatic N) is 3. The van der Waals surface area contributed by atoms with Crippen molar-refractivity contribution in [1.29, 1.82) is 0 Å². The van der Waals surface area contributed by atoms with Crippen molar-refractivity contribution >= 4 is 10.0 Å². The molecule has 20 heavy (non-hydrogen) atoms. The Hall–Kier alpha value is -0.920. The van der Waals surface area contributed by atoms with Crippen LogP contribution < -0.4 is 0 Å². The number of hydrogen-bond donors (Lipinski definition) is 1. The van der Waals surface area contributed by atoms with E-state index in [1.54, 1.807) is 25.6 Å². The topological polar surface area (TPSA) is 75.4 Å². The summed E-state index contributed by atoms with van der Waals surface area (Å²) in [6.45, 7) is 7.61. The Balaban J connectivity index is 3.29. The minimum atomic E-state index is -3.55. The molecule has 116 valence electrons. The number of sulfonamides is 1. The van der Waals surface area contributed by atoms with Crippen molar-refractivity contribution in [3.05, 3.63) is 11.4 Å². The van der Waals surface area contributed by atoms with Gasteiger partial charge >= 0.3 is 0 Å². The lowest BCUT2D eigenvalue weighted by molar-refractivity contribution is 0.267. The fourth-order valence-corrected chi connectivity index (χ4v) is 4.38. The standard InChI is InChI=1S/C13H25N3O3S/c1-6-12(7-2)15(5)20(18,19)13-10(3)14-16(8-9-17)11(13)4/h12,17H,6-9H2,1-5H3. The predicted molar refractivity (Wildman–Crippen MR) is 78.1 cm³/mol. The summed E-state index contributed by atoms with van der Waals surface area (Å²) in [5.74, 6) is 0. The Labute approximate surface area is 121 Å². The summed E-state index contributed by atoms with van der Waals surface area (Å²) in [7, 11) is -1.93. The zero-order chi connectivity index (χ0) is 15.5. The third-order valence-corrected chi connectivity index (χ3v) is 5.88. The lowest BCUT2D eigenvalue weighted by Gasteiger charge is -2.25. The third-order valence-electron chi connectivity index (χ3n) is 3.72. The van der Waals surface area contributed by atoms with E-state index in [9.17, 15) is 8.42 Å². The summed E-state index contributed by atoms with van der Waals surface area (Å²) in [6, 6.07) is -0.0139. The van der Waals surface area contributed by atoms with Gasteiger partial charge < -0.3 is 5.11 Å². The number of hydrogen-bond acceptors (Lipinski definition) is 4. The number of aliphatic hydroxyl groups is 1. The Kier molecular flexibility index (Phi) is 5.73. The molecule has 0 saturated carbocycles. The number of aromatic nitrogens is 2. The molecule has 0 radical (unpaired) electrons. The van der Waals surface area contributed by atoms with Crippen LogP contribution in [0.2, 0.25) is 0 Å². The van der Waals surface area contributed by atoms with Gasteiger partial charge in [-0.25, -0.2) is 8.42 Å². The fraction of sp³-hybridized carbons (Fsp3) is 0.769. The summed E-state index contributed by atoms with van der Waals surface area (Å²) in [6.07, 6.45) is 1.55. The number of aliphatic hydroxyl groups excluding tert-OH is 1. The van der Waals surface area contributed by atoms with Crippen LogP contribution in [0.4, 0.5) is 0 Å². The van der Waals surface area contributed by atoms with Crippen LogP contribution in [0.3, 0.4) is 0 Å². The van der Waals surface area contributed by atoms with E-state index in [-0.39, 0.29) is 17.5 Å². The Bertz CT molecular complexity index is 547. The van der Waals surface area contributed by atoms with E-state index in [4.69, 9.17) is 5.11 Å². The van der Waals surface area contributed by atoms with E-state index >= 15 is 0 Å². The van der Waals surface area contributed by atoms with Gasteiger partial charge in [0.05, 0.1) is 24.5 Å². The van der Waals surface area contributed by atoms with E-state index in [2.05, 4.69) is 5.10 Å². The molecule has 7 heteroatoms. The lowest BCUT2D eigenvalue weighted by Crippen LogP contribution is -2.36. The molecule has 0 spiro atoms. The predicted octanol–water partition coefficient (Wildman–Crippen LogP) is 1.30. The monoisotopic (exact) mass is 303 g/mol. The van der Waals surface area contributed by atoms with Gasteiger partial charge in [0.2, 0.25) is 10.0 Å². The SMILES string of the molecule is CCC(CC)N(C)S(=O)(=O)c1c(C)nn(CCO)c1C. The summed E-state index contributed by atoms with van der Waals surface area (Å²) in [4.78, 5) is 0.264. The smallest absolute Gasteiger partial charge is 0.246 e. The summed E-state index contributed by atoms with van der Waals surface area (Å²) in [5, 5.41) is 13.2. The molecule has 0 aromatic carbocycles. The van der Waals surface area contributed by atoms with Gasteiger partial charge in [0.25, 0.3) is 0 Å². The first-order chi connectivity index (χ1) is 9.31. The zero-order valence-corrected chi connectivity index (χ0v) is 13.7. The molecular formula is C13H25N3O3S. The first-order valence-corrected chi connectivity index (χ1v) is 8.38. The van der Waals surface area contributed by atoms with Crippen molar-refractivity contribution in [2.24, 2.45) is 0 Å². The third kappa shape index (κ3) is 3.05. The summed E-state index contributed by atoms with van der Waals surface area (Å²) < 4.78 is 28.5. The second kappa shape index (κ2) is 6.69. The average Bonchev–Trinajstić information content (AvgIpc) is 2.66. The summed E-state index contributed by atoms with van der Waals surface area (Å²) in [5.41, 5.74) is 1.06. The molecule has 1 aromatic heterocycles. The lowest BCUT2D eigenvalue weighted by atomic mass is 10.2. The maximum absolute atomic E-state index is 12.8. The molecule has 1 N–H and O–H groups in total. The van der Waals surface area contributed by atoms with Crippen molar-refractivity contribution in [1.82, 2.24) is 14.1 Å². The second-order valence-electron chi connectivity index (χ2n) is 4.94.